The molecule has 2 aromatic rings. The summed E-state index contributed by atoms with van der Waals surface area (Å²) in [6, 6.07) is 5.71. The fourth-order valence-electron chi connectivity index (χ4n) is 1.43. The number of hydrogen-bond acceptors (Lipinski definition) is 3. The van der Waals surface area contributed by atoms with Crippen LogP contribution in [0.2, 0.25) is 0 Å². The Balaban J connectivity index is 2.55. The SMILES string of the molecule is CNCc1coc2cc(N)ccc12. The second kappa shape index (κ2) is 3.11. The van der Waals surface area contributed by atoms with Gasteiger partial charge in [-0.25, -0.2) is 0 Å². The number of hydrogen-bond donors (Lipinski definition) is 2. The highest BCUT2D eigenvalue weighted by molar-refractivity contribution is 5.83. The first-order chi connectivity index (χ1) is 6.31. The lowest BCUT2D eigenvalue weighted by Crippen LogP contribution is -2.03. The molecule has 0 aliphatic heterocycles. The Morgan fingerprint density at radius 1 is 1.46 bits per heavy atom. The van der Waals surface area contributed by atoms with Gasteiger partial charge in [-0.05, 0) is 19.2 Å². The minimum Gasteiger partial charge on any atom is -0.464 e. The van der Waals surface area contributed by atoms with Crippen LogP contribution in [-0.2, 0) is 6.54 Å². The van der Waals surface area contributed by atoms with Crippen molar-refractivity contribution in [1.29, 1.82) is 0 Å². The molecule has 0 saturated carbocycles. The lowest BCUT2D eigenvalue weighted by atomic mass is 10.1. The van der Waals surface area contributed by atoms with Crippen molar-refractivity contribution >= 4 is 16.7 Å². The van der Waals surface area contributed by atoms with Crippen LogP contribution >= 0.6 is 0 Å². The summed E-state index contributed by atoms with van der Waals surface area (Å²) in [5, 5.41) is 4.21. The molecule has 1 aromatic carbocycles. The highest BCUT2D eigenvalue weighted by Gasteiger charge is 2.04. The van der Waals surface area contributed by atoms with Crippen LogP contribution < -0.4 is 11.1 Å². The van der Waals surface area contributed by atoms with Crippen LogP contribution in [0.5, 0.6) is 0 Å². The molecule has 3 nitrogen and oxygen atoms in total. The Kier molecular flexibility index (Phi) is 1.94. The molecular weight excluding hydrogens is 164 g/mol. The average molecular weight is 176 g/mol. The van der Waals surface area contributed by atoms with Gasteiger partial charge in [0.25, 0.3) is 0 Å². The Hall–Kier alpha value is -1.48. The molecule has 0 fully saturated rings. The third-order valence-corrected chi connectivity index (χ3v) is 2.05. The van der Waals surface area contributed by atoms with Gasteiger partial charge in [0.2, 0.25) is 0 Å². The van der Waals surface area contributed by atoms with Gasteiger partial charge in [-0.3, -0.25) is 0 Å². The van der Waals surface area contributed by atoms with Gasteiger partial charge < -0.3 is 15.5 Å². The molecule has 0 amide bonds. The van der Waals surface area contributed by atoms with E-state index >= 15 is 0 Å². The number of nitrogens with two attached hydrogens (primary N) is 1. The van der Waals surface area contributed by atoms with E-state index < -0.39 is 0 Å². The Labute approximate surface area is 76.5 Å². The van der Waals surface area contributed by atoms with Crippen LogP contribution in [0.4, 0.5) is 5.69 Å². The molecule has 13 heavy (non-hydrogen) atoms. The molecule has 0 saturated heterocycles. The third kappa shape index (κ3) is 1.38. The summed E-state index contributed by atoms with van der Waals surface area (Å²) in [6.45, 7) is 0.816. The van der Waals surface area contributed by atoms with Gasteiger partial charge in [-0.1, -0.05) is 0 Å². The molecule has 3 heteroatoms. The van der Waals surface area contributed by atoms with Crippen molar-refractivity contribution in [2.75, 3.05) is 12.8 Å². The van der Waals surface area contributed by atoms with E-state index in [1.54, 1.807) is 6.26 Å². The van der Waals surface area contributed by atoms with Gasteiger partial charge in [-0.15, -0.1) is 0 Å². The van der Waals surface area contributed by atoms with Crippen molar-refractivity contribution in [2.24, 2.45) is 0 Å². The highest BCUT2D eigenvalue weighted by atomic mass is 16.3. The molecule has 0 aliphatic rings. The average Bonchev–Trinajstić information content (AvgIpc) is 2.49. The van der Waals surface area contributed by atoms with Gasteiger partial charge in [0.15, 0.2) is 0 Å². The summed E-state index contributed by atoms with van der Waals surface area (Å²) in [6.07, 6.45) is 1.76. The zero-order valence-corrected chi connectivity index (χ0v) is 7.50. The number of furan rings is 1. The number of rotatable bonds is 2. The maximum atomic E-state index is 5.63. The minimum absolute atomic E-state index is 0.734. The first kappa shape index (κ1) is 8.13. The van der Waals surface area contributed by atoms with E-state index in [1.807, 2.05) is 25.2 Å². The van der Waals surface area contributed by atoms with Crippen LogP contribution in [0.3, 0.4) is 0 Å². The highest BCUT2D eigenvalue weighted by Crippen LogP contribution is 2.22. The zero-order chi connectivity index (χ0) is 9.26. The summed E-state index contributed by atoms with van der Waals surface area (Å²) in [4.78, 5) is 0. The lowest BCUT2D eigenvalue weighted by Gasteiger charge is -1.95. The molecule has 0 spiro atoms. The summed E-state index contributed by atoms with van der Waals surface area (Å²) >= 11 is 0. The van der Waals surface area contributed by atoms with Crippen LogP contribution in [0.25, 0.3) is 11.0 Å². The lowest BCUT2D eigenvalue weighted by molar-refractivity contribution is 0.607. The van der Waals surface area contributed by atoms with Gasteiger partial charge in [-0.2, -0.15) is 0 Å². The second-order valence-corrected chi connectivity index (χ2v) is 3.05. The fraction of sp³-hybridized carbons (Fsp3) is 0.200. The third-order valence-electron chi connectivity index (χ3n) is 2.05. The number of nitrogen functional groups attached to an aromatic ring is 1. The Bertz CT molecular complexity index is 420. The summed E-state index contributed by atoms with van der Waals surface area (Å²) in [5.41, 5.74) is 8.38. The first-order valence-electron chi connectivity index (χ1n) is 4.21. The fourth-order valence-corrected chi connectivity index (χ4v) is 1.43. The number of anilines is 1. The van der Waals surface area contributed by atoms with Crippen LogP contribution in [0.15, 0.2) is 28.9 Å². The molecule has 0 radical (unpaired) electrons. The quantitative estimate of drug-likeness (QED) is 0.685. The topological polar surface area (TPSA) is 51.2 Å². The smallest absolute Gasteiger partial charge is 0.136 e. The van der Waals surface area contributed by atoms with Gasteiger partial charge in [0.1, 0.15) is 5.58 Å². The van der Waals surface area contributed by atoms with Crippen molar-refractivity contribution in [2.45, 2.75) is 6.54 Å². The van der Waals surface area contributed by atoms with E-state index in [2.05, 4.69) is 5.32 Å². The molecule has 3 N–H and O–H groups in total. The molecule has 1 aromatic heterocycles. The van der Waals surface area contributed by atoms with Crippen molar-refractivity contribution < 1.29 is 4.42 Å². The minimum atomic E-state index is 0.734. The van der Waals surface area contributed by atoms with E-state index in [9.17, 15) is 0 Å². The van der Waals surface area contributed by atoms with E-state index in [1.165, 1.54) is 0 Å². The van der Waals surface area contributed by atoms with Crippen molar-refractivity contribution in [3.05, 3.63) is 30.0 Å². The summed E-state index contributed by atoms with van der Waals surface area (Å²) in [7, 11) is 1.91. The van der Waals surface area contributed by atoms with E-state index in [4.69, 9.17) is 10.2 Å². The summed E-state index contributed by atoms with van der Waals surface area (Å²) < 4.78 is 5.36. The molecule has 2 rings (SSSR count). The predicted molar refractivity (Wildman–Crippen MR) is 53.4 cm³/mol. The largest absolute Gasteiger partial charge is 0.464 e. The number of nitrogens with one attached hydrogen (secondary N) is 1. The first-order valence-corrected chi connectivity index (χ1v) is 4.21. The molecule has 0 unspecified atom stereocenters. The maximum Gasteiger partial charge on any atom is 0.136 e. The van der Waals surface area contributed by atoms with Gasteiger partial charge >= 0.3 is 0 Å². The van der Waals surface area contributed by atoms with E-state index in [0.717, 1.165) is 28.8 Å². The maximum absolute atomic E-state index is 5.63. The summed E-state index contributed by atoms with van der Waals surface area (Å²) in [5.74, 6) is 0. The second-order valence-electron chi connectivity index (χ2n) is 3.05. The Morgan fingerprint density at radius 2 is 2.31 bits per heavy atom. The molecule has 0 bridgehead atoms. The van der Waals surface area contributed by atoms with Crippen molar-refractivity contribution in [1.82, 2.24) is 5.32 Å². The normalized spacial score (nSPS) is 10.8. The Morgan fingerprint density at radius 3 is 3.08 bits per heavy atom. The van der Waals surface area contributed by atoms with Crippen molar-refractivity contribution in [3.8, 4) is 0 Å². The monoisotopic (exact) mass is 176 g/mol. The standard InChI is InChI=1S/C10H12N2O/c1-12-5-7-6-13-10-4-8(11)2-3-9(7)10/h2-4,6,12H,5,11H2,1H3. The molecule has 0 aliphatic carbocycles. The van der Waals surface area contributed by atoms with Gasteiger partial charge in [0.05, 0.1) is 6.26 Å². The van der Waals surface area contributed by atoms with Gasteiger partial charge in [0, 0.05) is 29.2 Å². The number of benzene rings is 1. The van der Waals surface area contributed by atoms with Crippen molar-refractivity contribution in [3.63, 3.8) is 0 Å². The van der Waals surface area contributed by atoms with E-state index in [-0.39, 0.29) is 0 Å². The molecule has 0 atom stereocenters. The molecular formula is C10H12N2O. The number of fused-ring (bicyclic) bond motifs is 1. The van der Waals surface area contributed by atoms with E-state index in [0.29, 0.717) is 0 Å². The molecule has 1 heterocycles. The van der Waals surface area contributed by atoms with Crippen LogP contribution in [0.1, 0.15) is 5.56 Å². The zero-order valence-electron chi connectivity index (χ0n) is 7.50. The van der Waals surface area contributed by atoms with Crippen LogP contribution in [0, 0.1) is 0 Å². The molecule has 68 valence electrons. The van der Waals surface area contributed by atoms with Crippen LogP contribution in [-0.4, -0.2) is 7.05 Å². The predicted octanol–water partition coefficient (Wildman–Crippen LogP) is 1.73.